The van der Waals surface area contributed by atoms with E-state index in [4.69, 9.17) is 0 Å². The fourth-order valence-electron chi connectivity index (χ4n) is 3.61. The van der Waals surface area contributed by atoms with Crippen LogP contribution in [0.5, 0.6) is 0 Å². The number of carbonyl (C=O) groups is 2. The lowest BCUT2D eigenvalue weighted by Crippen LogP contribution is -2.49. The number of aromatic nitrogens is 2. The summed E-state index contributed by atoms with van der Waals surface area (Å²) >= 11 is 0. The van der Waals surface area contributed by atoms with Crippen molar-refractivity contribution in [2.75, 3.05) is 6.54 Å². The van der Waals surface area contributed by atoms with Gasteiger partial charge in [-0.2, -0.15) is 0 Å². The highest BCUT2D eigenvalue weighted by molar-refractivity contribution is 5.82. The van der Waals surface area contributed by atoms with Gasteiger partial charge in [0.25, 0.3) is 0 Å². The number of likely N-dealkylation sites (tertiary alicyclic amines) is 1. The highest BCUT2D eigenvalue weighted by Crippen LogP contribution is 2.23. The van der Waals surface area contributed by atoms with Gasteiger partial charge in [0.1, 0.15) is 6.54 Å². The van der Waals surface area contributed by atoms with Crippen LogP contribution < -0.4 is 5.69 Å². The van der Waals surface area contributed by atoms with Crippen molar-refractivity contribution >= 4 is 22.9 Å². The van der Waals surface area contributed by atoms with Crippen molar-refractivity contribution < 1.29 is 14.7 Å². The number of hydrogen-bond donors (Lipinski definition) is 1. The van der Waals surface area contributed by atoms with Crippen LogP contribution in [0, 0.1) is 5.92 Å². The molecule has 2 unspecified atom stereocenters. The van der Waals surface area contributed by atoms with Crippen LogP contribution in [-0.2, 0) is 22.7 Å². The predicted octanol–water partition coefficient (Wildman–Crippen LogP) is 1.53. The molecule has 1 aromatic carbocycles. The van der Waals surface area contributed by atoms with Gasteiger partial charge in [0.2, 0.25) is 5.91 Å². The number of aryl methyl sites for hydroxylation is 1. The number of imidazole rings is 1. The van der Waals surface area contributed by atoms with E-state index in [1.165, 1.54) is 4.57 Å². The summed E-state index contributed by atoms with van der Waals surface area (Å²) in [5.41, 5.74) is 1.32. The van der Waals surface area contributed by atoms with Crippen molar-refractivity contribution in [1.82, 2.24) is 14.0 Å². The van der Waals surface area contributed by atoms with Gasteiger partial charge in [-0.05, 0) is 38.8 Å². The quantitative estimate of drug-likeness (QED) is 0.911. The predicted molar refractivity (Wildman–Crippen MR) is 93.4 cm³/mol. The topological polar surface area (TPSA) is 84.5 Å². The largest absolute Gasteiger partial charge is 0.481 e. The van der Waals surface area contributed by atoms with Crippen molar-refractivity contribution in [3.63, 3.8) is 0 Å². The molecule has 7 heteroatoms. The maximum absolute atomic E-state index is 12.8. The summed E-state index contributed by atoms with van der Waals surface area (Å²) in [4.78, 5) is 38.3. The Labute approximate surface area is 145 Å². The van der Waals surface area contributed by atoms with Crippen LogP contribution in [0.4, 0.5) is 0 Å². The summed E-state index contributed by atoms with van der Waals surface area (Å²) in [6.45, 7) is 4.49. The number of hydrogen-bond acceptors (Lipinski definition) is 3. The second-order valence-corrected chi connectivity index (χ2v) is 6.61. The van der Waals surface area contributed by atoms with Gasteiger partial charge in [0.15, 0.2) is 0 Å². The molecule has 1 fully saturated rings. The average Bonchev–Trinajstić information content (AvgIpc) is 2.86. The number of fused-ring (bicyclic) bond motifs is 1. The van der Waals surface area contributed by atoms with Crippen molar-refractivity contribution in [2.24, 2.45) is 5.92 Å². The zero-order chi connectivity index (χ0) is 18.1. The molecule has 134 valence electrons. The third-order valence-corrected chi connectivity index (χ3v) is 5.09. The fourth-order valence-corrected chi connectivity index (χ4v) is 3.61. The highest BCUT2D eigenvalue weighted by atomic mass is 16.4. The molecule has 3 rings (SSSR count). The second kappa shape index (κ2) is 6.74. The number of para-hydroxylation sites is 2. The number of amides is 1. The van der Waals surface area contributed by atoms with Gasteiger partial charge in [-0.25, -0.2) is 4.79 Å². The van der Waals surface area contributed by atoms with Crippen LogP contribution in [0.2, 0.25) is 0 Å². The van der Waals surface area contributed by atoms with Crippen LogP contribution in [0.1, 0.15) is 26.7 Å². The maximum Gasteiger partial charge on any atom is 0.329 e. The van der Waals surface area contributed by atoms with Crippen LogP contribution in [0.25, 0.3) is 11.0 Å². The normalized spacial score (nSPS) is 20.8. The lowest BCUT2D eigenvalue weighted by atomic mass is 9.93. The minimum absolute atomic E-state index is 0.0154. The third-order valence-electron chi connectivity index (χ3n) is 5.09. The Morgan fingerprint density at radius 1 is 1.16 bits per heavy atom. The number of benzene rings is 1. The van der Waals surface area contributed by atoms with Gasteiger partial charge in [-0.3, -0.25) is 18.7 Å². The van der Waals surface area contributed by atoms with Crippen molar-refractivity contribution in [1.29, 1.82) is 0 Å². The molecule has 2 aromatic rings. The molecule has 0 aliphatic carbocycles. The first kappa shape index (κ1) is 17.3. The Balaban J connectivity index is 1.91. The van der Waals surface area contributed by atoms with E-state index in [1.54, 1.807) is 9.47 Å². The van der Waals surface area contributed by atoms with E-state index in [-0.39, 0.29) is 30.7 Å². The number of aliphatic carboxylic acids is 1. The lowest BCUT2D eigenvalue weighted by molar-refractivity contribution is -0.147. The Kier molecular flexibility index (Phi) is 4.65. The van der Waals surface area contributed by atoms with Gasteiger partial charge in [0, 0.05) is 19.1 Å². The van der Waals surface area contributed by atoms with E-state index in [1.807, 2.05) is 38.1 Å². The summed E-state index contributed by atoms with van der Waals surface area (Å²) in [7, 11) is 0. The van der Waals surface area contributed by atoms with E-state index in [9.17, 15) is 19.5 Å². The molecule has 25 heavy (non-hydrogen) atoms. The third kappa shape index (κ3) is 3.06. The molecule has 2 heterocycles. The summed E-state index contributed by atoms with van der Waals surface area (Å²) in [6, 6.07) is 7.39. The molecule has 1 N–H and O–H groups in total. The number of nitrogens with zero attached hydrogens (tertiary/aromatic N) is 3. The van der Waals surface area contributed by atoms with Gasteiger partial charge in [0.05, 0.1) is 17.0 Å². The van der Waals surface area contributed by atoms with Gasteiger partial charge in [-0.15, -0.1) is 0 Å². The average molecular weight is 345 g/mol. The molecule has 1 saturated heterocycles. The first-order valence-electron chi connectivity index (χ1n) is 8.64. The molecule has 0 radical (unpaired) electrons. The van der Waals surface area contributed by atoms with Gasteiger partial charge < -0.3 is 10.0 Å². The Morgan fingerprint density at radius 2 is 1.80 bits per heavy atom. The minimum atomic E-state index is -0.871. The molecule has 1 aromatic heterocycles. The van der Waals surface area contributed by atoms with Crippen molar-refractivity contribution in [3.05, 3.63) is 34.7 Å². The van der Waals surface area contributed by atoms with Gasteiger partial charge >= 0.3 is 11.7 Å². The molecule has 0 saturated carbocycles. The molecule has 7 nitrogen and oxygen atoms in total. The standard InChI is InChI=1S/C18H23N3O4/c1-3-19-14-6-4-5-7-15(14)21(18(19)25)11-16(22)20-10-13(17(23)24)9-8-12(20)2/h4-7,12-13H,3,8-11H2,1-2H3,(H,23,24). The number of piperidine rings is 1. The van der Waals surface area contributed by atoms with Crippen molar-refractivity contribution in [2.45, 2.75) is 45.8 Å². The molecule has 1 aliphatic rings. The first-order chi connectivity index (χ1) is 11.9. The monoisotopic (exact) mass is 345 g/mol. The Bertz CT molecular complexity index is 867. The van der Waals surface area contributed by atoms with E-state index >= 15 is 0 Å². The van der Waals surface area contributed by atoms with Gasteiger partial charge in [-0.1, -0.05) is 12.1 Å². The number of carboxylic acids is 1. The summed E-state index contributed by atoms with van der Waals surface area (Å²) in [5, 5.41) is 9.24. The second-order valence-electron chi connectivity index (χ2n) is 6.61. The number of carbonyl (C=O) groups excluding carboxylic acids is 1. The molecule has 2 atom stereocenters. The summed E-state index contributed by atoms with van der Waals surface area (Å²) < 4.78 is 3.13. The molecular formula is C18H23N3O4. The lowest BCUT2D eigenvalue weighted by Gasteiger charge is -2.36. The summed E-state index contributed by atoms with van der Waals surface area (Å²) in [5.74, 6) is -1.61. The smallest absolute Gasteiger partial charge is 0.329 e. The molecule has 0 bridgehead atoms. The minimum Gasteiger partial charge on any atom is -0.481 e. The number of carboxylic acid groups (broad SMARTS) is 1. The highest BCUT2D eigenvalue weighted by Gasteiger charge is 2.32. The molecule has 1 amide bonds. The summed E-state index contributed by atoms with van der Waals surface area (Å²) in [6.07, 6.45) is 1.24. The zero-order valence-electron chi connectivity index (χ0n) is 14.5. The molecule has 0 spiro atoms. The maximum atomic E-state index is 12.8. The van der Waals surface area contributed by atoms with E-state index in [2.05, 4.69) is 0 Å². The number of rotatable bonds is 4. The van der Waals surface area contributed by atoms with Crippen LogP contribution in [-0.4, -0.2) is 43.6 Å². The first-order valence-corrected chi connectivity index (χ1v) is 8.64. The van der Waals surface area contributed by atoms with Crippen molar-refractivity contribution in [3.8, 4) is 0 Å². The Morgan fingerprint density at radius 3 is 2.40 bits per heavy atom. The van der Waals surface area contributed by atoms with E-state index < -0.39 is 11.9 Å². The van der Waals surface area contributed by atoms with Crippen LogP contribution in [0.3, 0.4) is 0 Å². The Hall–Kier alpha value is -2.57. The fraction of sp³-hybridized carbons (Fsp3) is 0.500. The van der Waals surface area contributed by atoms with E-state index in [0.717, 1.165) is 11.0 Å². The molecule has 1 aliphatic heterocycles. The molecular weight excluding hydrogens is 322 g/mol. The van der Waals surface area contributed by atoms with Crippen LogP contribution >= 0.6 is 0 Å². The van der Waals surface area contributed by atoms with E-state index in [0.29, 0.717) is 19.4 Å². The zero-order valence-corrected chi connectivity index (χ0v) is 14.5. The van der Waals surface area contributed by atoms with Crippen LogP contribution in [0.15, 0.2) is 29.1 Å². The SMILES string of the molecule is CCn1c(=O)n(CC(=O)N2CC(C(=O)O)CCC2C)c2ccccc21.